The zero-order chi connectivity index (χ0) is 13.6. The summed E-state index contributed by atoms with van der Waals surface area (Å²) in [5, 5.41) is 13.4. The van der Waals surface area contributed by atoms with Crippen LogP contribution in [0.1, 0.15) is 22.6 Å². The van der Waals surface area contributed by atoms with E-state index in [2.05, 4.69) is 10.1 Å². The molecule has 2 aromatic rings. The molecule has 1 aliphatic heterocycles. The van der Waals surface area contributed by atoms with Crippen molar-refractivity contribution in [2.45, 2.75) is 19.5 Å². The lowest BCUT2D eigenvalue weighted by Crippen LogP contribution is -2.22. The first-order valence-electron chi connectivity index (χ1n) is 6.05. The molecule has 0 aromatic carbocycles. The Hall–Kier alpha value is -2.18. The zero-order valence-electron chi connectivity index (χ0n) is 10.4. The lowest BCUT2D eigenvalue weighted by molar-refractivity contribution is 0.0687. The van der Waals surface area contributed by atoms with Gasteiger partial charge in [0.05, 0.1) is 12.2 Å². The van der Waals surface area contributed by atoms with Gasteiger partial charge in [0, 0.05) is 6.54 Å². The molecule has 0 amide bonds. The van der Waals surface area contributed by atoms with Crippen molar-refractivity contribution in [3.8, 4) is 0 Å². The molecule has 6 nitrogen and oxygen atoms in total. The number of alkyl halides is 1. The third kappa shape index (κ3) is 1.91. The fourth-order valence-corrected chi connectivity index (χ4v) is 2.37. The molecular weight excluding hydrogens is 251 g/mol. The van der Waals surface area contributed by atoms with Crippen molar-refractivity contribution in [3.05, 3.63) is 23.5 Å². The van der Waals surface area contributed by atoms with Gasteiger partial charge in [-0.2, -0.15) is 0 Å². The molecule has 0 spiro atoms. The molecule has 0 aliphatic carbocycles. The molecular formula is C12H13FN4O2. The first kappa shape index (κ1) is 11.9. The van der Waals surface area contributed by atoms with Crippen molar-refractivity contribution in [2.24, 2.45) is 0 Å². The minimum atomic E-state index is -1.07. The van der Waals surface area contributed by atoms with Crippen LogP contribution in [0.25, 0.3) is 5.65 Å². The number of anilines is 1. The average Bonchev–Trinajstić information content (AvgIpc) is 2.90. The Morgan fingerprint density at radius 1 is 1.53 bits per heavy atom. The molecule has 1 aliphatic rings. The number of rotatable bonds is 2. The van der Waals surface area contributed by atoms with Gasteiger partial charge in [-0.25, -0.2) is 18.7 Å². The van der Waals surface area contributed by atoms with E-state index < -0.39 is 12.1 Å². The molecule has 0 bridgehead atoms. The fourth-order valence-electron chi connectivity index (χ4n) is 2.37. The van der Waals surface area contributed by atoms with Crippen molar-refractivity contribution in [1.82, 2.24) is 14.6 Å². The summed E-state index contributed by atoms with van der Waals surface area (Å²) in [5.41, 5.74) is 0.949. The van der Waals surface area contributed by atoms with E-state index >= 15 is 0 Å². The summed E-state index contributed by atoms with van der Waals surface area (Å²) in [7, 11) is 0. The molecule has 2 aromatic heterocycles. The second kappa shape index (κ2) is 4.18. The van der Waals surface area contributed by atoms with E-state index in [1.807, 2.05) is 4.90 Å². The largest absolute Gasteiger partial charge is 0.476 e. The van der Waals surface area contributed by atoms with E-state index in [0.29, 0.717) is 36.7 Å². The van der Waals surface area contributed by atoms with Crippen LogP contribution in [0.5, 0.6) is 0 Å². The van der Waals surface area contributed by atoms with Crippen LogP contribution in [0.2, 0.25) is 0 Å². The predicted octanol–water partition coefficient (Wildman–Crippen LogP) is 1.28. The highest BCUT2D eigenvalue weighted by Crippen LogP contribution is 2.21. The van der Waals surface area contributed by atoms with Crippen LogP contribution in [0.4, 0.5) is 10.2 Å². The maximum absolute atomic E-state index is 13.2. The summed E-state index contributed by atoms with van der Waals surface area (Å²) in [5.74, 6) is -0.494. The van der Waals surface area contributed by atoms with Crippen molar-refractivity contribution < 1.29 is 14.3 Å². The number of fused-ring (bicyclic) bond motifs is 1. The molecule has 1 unspecified atom stereocenters. The molecule has 1 fully saturated rings. The lowest BCUT2D eigenvalue weighted by Gasteiger charge is -2.15. The molecule has 1 atom stereocenters. The summed E-state index contributed by atoms with van der Waals surface area (Å²) in [6.07, 6.45) is -0.366. The number of aryl methyl sites for hydroxylation is 1. The molecule has 1 saturated heterocycles. The van der Waals surface area contributed by atoms with Crippen LogP contribution in [-0.4, -0.2) is 44.9 Å². The van der Waals surface area contributed by atoms with E-state index in [9.17, 15) is 14.3 Å². The van der Waals surface area contributed by atoms with Crippen LogP contribution in [0.15, 0.2) is 12.1 Å². The topological polar surface area (TPSA) is 70.7 Å². The van der Waals surface area contributed by atoms with Gasteiger partial charge in [0.25, 0.3) is 0 Å². The van der Waals surface area contributed by atoms with E-state index in [1.165, 1.54) is 4.52 Å². The lowest BCUT2D eigenvalue weighted by atomic mass is 10.3. The highest BCUT2D eigenvalue weighted by Gasteiger charge is 2.24. The van der Waals surface area contributed by atoms with E-state index in [4.69, 9.17) is 0 Å². The Bertz CT molecular complexity index is 654. The molecule has 1 N–H and O–H groups in total. The Balaban J connectivity index is 2.09. The molecule has 19 heavy (non-hydrogen) atoms. The van der Waals surface area contributed by atoms with Crippen molar-refractivity contribution in [1.29, 1.82) is 0 Å². The number of aromatic carboxylic acids is 1. The van der Waals surface area contributed by atoms with Crippen LogP contribution in [0.3, 0.4) is 0 Å². The summed E-state index contributed by atoms with van der Waals surface area (Å²) in [4.78, 5) is 17.2. The second-order valence-electron chi connectivity index (χ2n) is 4.64. The smallest absolute Gasteiger partial charge is 0.356 e. The van der Waals surface area contributed by atoms with E-state index in [-0.39, 0.29) is 5.69 Å². The van der Waals surface area contributed by atoms with Gasteiger partial charge in [-0.15, -0.1) is 5.10 Å². The molecule has 3 heterocycles. The van der Waals surface area contributed by atoms with E-state index in [1.54, 1.807) is 19.1 Å². The van der Waals surface area contributed by atoms with Crippen LogP contribution < -0.4 is 4.90 Å². The number of nitrogens with zero attached hydrogens (tertiary/aromatic N) is 4. The van der Waals surface area contributed by atoms with Gasteiger partial charge >= 0.3 is 5.97 Å². The average molecular weight is 264 g/mol. The monoisotopic (exact) mass is 264 g/mol. The number of aromatic nitrogens is 3. The minimum absolute atomic E-state index is 0.0489. The van der Waals surface area contributed by atoms with Crippen molar-refractivity contribution in [3.63, 3.8) is 0 Å². The minimum Gasteiger partial charge on any atom is -0.476 e. The quantitative estimate of drug-likeness (QED) is 0.884. The summed E-state index contributed by atoms with van der Waals surface area (Å²) >= 11 is 0. The van der Waals surface area contributed by atoms with Crippen molar-refractivity contribution >= 4 is 17.4 Å². The number of carboxylic acid groups (broad SMARTS) is 1. The Kier molecular flexibility index (Phi) is 2.62. The highest BCUT2D eigenvalue weighted by molar-refractivity contribution is 5.88. The van der Waals surface area contributed by atoms with Gasteiger partial charge in [0.15, 0.2) is 11.3 Å². The number of hydrogen-bond donors (Lipinski definition) is 1. The molecule has 7 heteroatoms. The fraction of sp³-hybridized carbons (Fsp3) is 0.417. The summed E-state index contributed by atoms with van der Waals surface area (Å²) < 4.78 is 14.5. The van der Waals surface area contributed by atoms with Crippen molar-refractivity contribution in [2.75, 3.05) is 18.0 Å². The number of carbonyl (C=O) groups is 1. The first-order valence-corrected chi connectivity index (χ1v) is 6.05. The van der Waals surface area contributed by atoms with Gasteiger partial charge in [0.1, 0.15) is 12.0 Å². The Morgan fingerprint density at radius 2 is 2.32 bits per heavy atom. The molecule has 3 rings (SSSR count). The summed E-state index contributed by atoms with van der Waals surface area (Å²) in [6, 6.07) is 3.44. The molecule has 0 radical (unpaired) electrons. The molecule has 0 saturated carbocycles. The third-order valence-electron chi connectivity index (χ3n) is 3.30. The maximum Gasteiger partial charge on any atom is 0.356 e. The van der Waals surface area contributed by atoms with Gasteiger partial charge in [-0.3, -0.25) is 0 Å². The molecule has 100 valence electrons. The van der Waals surface area contributed by atoms with Gasteiger partial charge < -0.3 is 10.0 Å². The van der Waals surface area contributed by atoms with Gasteiger partial charge in [0.2, 0.25) is 0 Å². The van der Waals surface area contributed by atoms with Crippen LogP contribution in [-0.2, 0) is 0 Å². The van der Waals surface area contributed by atoms with Crippen LogP contribution >= 0.6 is 0 Å². The maximum atomic E-state index is 13.2. The third-order valence-corrected chi connectivity index (χ3v) is 3.30. The van der Waals surface area contributed by atoms with E-state index in [0.717, 1.165) is 0 Å². The predicted molar refractivity (Wildman–Crippen MR) is 66.4 cm³/mol. The normalized spacial score (nSPS) is 19.3. The second-order valence-corrected chi connectivity index (χ2v) is 4.64. The van der Waals surface area contributed by atoms with Gasteiger partial charge in [-0.05, 0) is 25.5 Å². The number of imidazole rings is 1. The van der Waals surface area contributed by atoms with Crippen LogP contribution in [0, 0.1) is 6.92 Å². The SMILES string of the molecule is Cc1nc2ccc(N3CCC(F)C3)nn2c1C(=O)O. The highest BCUT2D eigenvalue weighted by atomic mass is 19.1. The summed E-state index contributed by atoms with van der Waals surface area (Å²) in [6.45, 7) is 2.52. The number of hydrogen-bond acceptors (Lipinski definition) is 4. The Labute approximate surface area is 108 Å². The zero-order valence-corrected chi connectivity index (χ0v) is 10.4. The number of halogens is 1. The van der Waals surface area contributed by atoms with Gasteiger partial charge in [-0.1, -0.05) is 0 Å². The number of carboxylic acids is 1. The first-order chi connectivity index (χ1) is 9.06. The Morgan fingerprint density at radius 3 is 2.95 bits per heavy atom. The standard InChI is InChI=1S/C12H13FN4O2/c1-7-11(12(18)19)17-9(14-7)2-3-10(15-17)16-5-4-8(13)6-16/h2-3,8H,4-6H2,1H3,(H,18,19).